The molecule has 1 fully saturated rings. The highest BCUT2D eigenvalue weighted by atomic mass is 32.2. The van der Waals surface area contributed by atoms with Gasteiger partial charge in [-0.2, -0.15) is 5.26 Å². The van der Waals surface area contributed by atoms with Gasteiger partial charge < -0.3 is 9.30 Å². The number of ether oxygens (including phenoxy) is 1. The molecule has 0 unspecified atom stereocenters. The molecule has 0 atom stereocenters. The number of nitro benzene ring substituents is 1. The number of nitriles is 1. The first kappa shape index (κ1) is 26.5. The maximum absolute atomic E-state index is 13.1. The van der Waals surface area contributed by atoms with Crippen molar-refractivity contribution >= 4 is 34.7 Å². The number of thioether (sulfide) groups is 1. The molecule has 0 saturated carbocycles. The van der Waals surface area contributed by atoms with Gasteiger partial charge in [0.05, 0.1) is 28.0 Å². The SMILES string of the molecule is Cc1cc(/C=C2\SC(=O)N(Cc3ccccc3[N+](=O)[O-])C2=O)c(C)n1-c1ccc(Oc2ccc(C#N)cc2)cc1. The van der Waals surface area contributed by atoms with Crippen molar-refractivity contribution < 1.29 is 19.2 Å². The van der Waals surface area contributed by atoms with Crippen LogP contribution in [0, 0.1) is 35.3 Å². The summed E-state index contributed by atoms with van der Waals surface area (Å²) < 4.78 is 7.91. The van der Waals surface area contributed by atoms with E-state index in [1.165, 1.54) is 6.07 Å². The Balaban J connectivity index is 1.35. The molecular weight excluding hydrogens is 528 g/mol. The van der Waals surface area contributed by atoms with Crippen LogP contribution in [-0.4, -0.2) is 25.5 Å². The molecule has 1 aliphatic heterocycles. The molecule has 0 bridgehead atoms. The van der Waals surface area contributed by atoms with Crippen molar-refractivity contribution in [2.45, 2.75) is 20.4 Å². The third-order valence-corrected chi connectivity index (χ3v) is 7.37. The number of carbonyl (C=O) groups excluding carboxylic acids is 2. The van der Waals surface area contributed by atoms with E-state index in [9.17, 15) is 19.7 Å². The zero-order valence-corrected chi connectivity index (χ0v) is 22.3. The molecule has 1 aliphatic rings. The van der Waals surface area contributed by atoms with Gasteiger partial charge in [-0.3, -0.25) is 24.6 Å². The molecule has 10 heteroatoms. The van der Waals surface area contributed by atoms with Gasteiger partial charge in [0, 0.05) is 28.7 Å². The van der Waals surface area contributed by atoms with E-state index >= 15 is 0 Å². The lowest BCUT2D eigenvalue weighted by molar-refractivity contribution is -0.385. The van der Waals surface area contributed by atoms with E-state index in [2.05, 4.69) is 6.07 Å². The number of nitro groups is 1. The summed E-state index contributed by atoms with van der Waals surface area (Å²) in [6, 6.07) is 24.5. The molecule has 198 valence electrons. The Labute approximate surface area is 234 Å². The summed E-state index contributed by atoms with van der Waals surface area (Å²) in [6.07, 6.45) is 1.69. The minimum absolute atomic E-state index is 0.137. The predicted octanol–water partition coefficient (Wildman–Crippen LogP) is 6.90. The fourth-order valence-electron chi connectivity index (χ4n) is 4.50. The monoisotopic (exact) mass is 550 g/mol. The summed E-state index contributed by atoms with van der Waals surface area (Å²) in [5.74, 6) is 0.781. The van der Waals surface area contributed by atoms with E-state index in [1.54, 1.807) is 48.5 Å². The third-order valence-electron chi connectivity index (χ3n) is 6.46. The quantitative estimate of drug-likeness (QED) is 0.139. The van der Waals surface area contributed by atoms with Crippen molar-refractivity contribution in [1.82, 2.24) is 9.47 Å². The third kappa shape index (κ3) is 5.23. The summed E-state index contributed by atoms with van der Waals surface area (Å²) in [7, 11) is 0. The number of imide groups is 1. The van der Waals surface area contributed by atoms with Gasteiger partial charge in [0.2, 0.25) is 0 Å². The van der Waals surface area contributed by atoms with Crippen LogP contribution in [0.4, 0.5) is 10.5 Å². The zero-order valence-electron chi connectivity index (χ0n) is 21.5. The average Bonchev–Trinajstić information content (AvgIpc) is 3.38. The number of amides is 2. The molecule has 4 aromatic rings. The highest BCUT2D eigenvalue weighted by Gasteiger charge is 2.36. The van der Waals surface area contributed by atoms with E-state index in [0.29, 0.717) is 22.6 Å². The van der Waals surface area contributed by atoms with Gasteiger partial charge in [-0.25, -0.2) is 0 Å². The highest BCUT2D eigenvalue weighted by molar-refractivity contribution is 8.18. The molecule has 40 heavy (non-hydrogen) atoms. The molecule has 9 nitrogen and oxygen atoms in total. The second-order valence-electron chi connectivity index (χ2n) is 9.05. The molecule has 3 aromatic carbocycles. The minimum Gasteiger partial charge on any atom is -0.457 e. The summed E-state index contributed by atoms with van der Waals surface area (Å²) in [5.41, 5.74) is 4.20. The van der Waals surface area contributed by atoms with Crippen molar-refractivity contribution in [2.75, 3.05) is 0 Å². The number of aromatic nitrogens is 1. The second kappa shape index (κ2) is 10.9. The Morgan fingerprint density at radius 1 is 1.00 bits per heavy atom. The van der Waals surface area contributed by atoms with Gasteiger partial charge in [0.15, 0.2) is 0 Å². The second-order valence-corrected chi connectivity index (χ2v) is 10.0. The molecule has 0 radical (unpaired) electrons. The smallest absolute Gasteiger partial charge is 0.293 e. The number of rotatable bonds is 7. The first-order valence-electron chi connectivity index (χ1n) is 12.2. The minimum atomic E-state index is -0.523. The summed E-state index contributed by atoms with van der Waals surface area (Å²) >= 11 is 0.820. The largest absolute Gasteiger partial charge is 0.457 e. The number of aryl methyl sites for hydroxylation is 1. The molecule has 0 aliphatic carbocycles. The summed E-state index contributed by atoms with van der Waals surface area (Å²) in [4.78, 5) is 37.9. The predicted molar refractivity (Wildman–Crippen MR) is 151 cm³/mol. The molecule has 2 heterocycles. The van der Waals surface area contributed by atoms with Crippen molar-refractivity contribution in [3.63, 3.8) is 0 Å². The van der Waals surface area contributed by atoms with Crippen LogP contribution >= 0.6 is 11.8 Å². The van der Waals surface area contributed by atoms with Crippen molar-refractivity contribution in [3.05, 3.63) is 122 Å². The van der Waals surface area contributed by atoms with Crippen molar-refractivity contribution in [1.29, 1.82) is 5.26 Å². The lowest BCUT2D eigenvalue weighted by Crippen LogP contribution is -2.27. The van der Waals surface area contributed by atoms with Gasteiger partial charge in [-0.05, 0) is 91.8 Å². The van der Waals surface area contributed by atoms with Gasteiger partial charge in [0.1, 0.15) is 11.5 Å². The number of para-hydroxylation sites is 1. The molecular formula is C30H22N4O5S. The number of benzene rings is 3. The van der Waals surface area contributed by atoms with Crippen LogP contribution in [0.25, 0.3) is 11.8 Å². The summed E-state index contributed by atoms with van der Waals surface area (Å²) in [5, 5.41) is 19.8. The summed E-state index contributed by atoms with van der Waals surface area (Å²) in [6.45, 7) is 3.71. The number of carbonyl (C=O) groups is 2. The van der Waals surface area contributed by atoms with E-state index in [0.717, 1.165) is 39.3 Å². The van der Waals surface area contributed by atoms with Gasteiger partial charge in [0.25, 0.3) is 16.8 Å². The first-order chi connectivity index (χ1) is 19.2. The van der Waals surface area contributed by atoms with Crippen LogP contribution in [0.1, 0.15) is 28.1 Å². The Hall–Kier alpha value is -5.14. The molecule has 0 spiro atoms. The molecule has 1 saturated heterocycles. The van der Waals surface area contributed by atoms with E-state index in [4.69, 9.17) is 10.00 Å². The van der Waals surface area contributed by atoms with Crippen LogP contribution in [-0.2, 0) is 11.3 Å². The van der Waals surface area contributed by atoms with Crippen molar-refractivity contribution in [3.8, 4) is 23.3 Å². The van der Waals surface area contributed by atoms with Crippen molar-refractivity contribution in [2.24, 2.45) is 0 Å². The Morgan fingerprint density at radius 3 is 2.30 bits per heavy atom. The molecule has 2 amide bonds. The van der Waals surface area contributed by atoms with Gasteiger partial charge in [-0.15, -0.1) is 0 Å². The maximum atomic E-state index is 13.1. The standard InChI is InChI=1S/C30H22N4O5S/c1-19-15-23(16-28-29(35)32(30(36)40-28)18-22-5-3-4-6-27(22)34(37)38)20(2)33(19)24-9-13-26(14-10-24)39-25-11-7-21(17-31)8-12-25/h3-16H,18H2,1-2H3/b28-16-. The van der Waals surface area contributed by atoms with E-state index in [-0.39, 0.29) is 17.1 Å². The highest BCUT2D eigenvalue weighted by Crippen LogP contribution is 2.36. The zero-order chi connectivity index (χ0) is 28.4. The normalized spacial score (nSPS) is 14.0. The topological polar surface area (TPSA) is 118 Å². The van der Waals surface area contributed by atoms with Gasteiger partial charge >= 0.3 is 0 Å². The van der Waals surface area contributed by atoms with E-state index < -0.39 is 16.1 Å². The maximum Gasteiger partial charge on any atom is 0.293 e. The van der Waals surface area contributed by atoms with Crippen LogP contribution < -0.4 is 4.74 Å². The molecule has 0 N–H and O–H groups in total. The number of hydrogen-bond acceptors (Lipinski definition) is 7. The van der Waals surface area contributed by atoms with E-state index in [1.807, 2.05) is 48.7 Å². The number of hydrogen-bond donors (Lipinski definition) is 0. The Morgan fingerprint density at radius 2 is 1.65 bits per heavy atom. The first-order valence-corrected chi connectivity index (χ1v) is 13.0. The lowest BCUT2D eigenvalue weighted by atomic mass is 10.1. The van der Waals surface area contributed by atoms with Gasteiger partial charge in [-0.1, -0.05) is 18.2 Å². The average molecular weight is 551 g/mol. The molecule has 1 aromatic heterocycles. The fraction of sp³-hybridized carbons (Fsp3) is 0.100. The Bertz CT molecular complexity index is 1720. The van der Waals surface area contributed by atoms with Crippen LogP contribution in [0.5, 0.6) is 11.5 Å². The van der Waals surface area contributed by atoms with Crippen LogP contribution in [0.2, 0.25) is 0 Å². The van der Waals surface area contributed by atoms with Crippen LogP contribution in [0.15, 0.2) is 83.8 Å². The number of nitrogens with zero attached hydrogens (tertiary/aromatic N) is 4. The molecule has 5 rings (SSSR count). The van der Waals surface area contributed by atoms with Crippen LogP contribution in [0.3, 0.4) is 0 Å². The lowest BCUT2D eigenvalue weighted by Gasteiger charge is -2.12. The fourth-order valence-corrected chi connectivity index (χ4v) is 5.33. The Kier molecular flexibility index (Phi) is 7.23.